The van der Waals surface area contributed by atoms with Gasteiger partial charge in [0.05, 0.1) is 0 Å². The lowest BCUT2D eigenvalue weighted by atomic mass is 10.3. The fourth-order valence-corrected chi connectivity index (χ4v) is 0.474. The van der Waals surface area contributed by atoms with E-state index in [2.05, 4.69) is 0 Å². The number of phenols is 1. The minimum absolute atomic E-state index is 0.0347. The first-order chi connectivity index (χ1) is 3.80. The molecule has 0 aliphatic rings. The van der Waals surface area contributed by atoms with Crippen LogP contribution in [-0.2, 0) is 0 Å². The Labute approximate surface area is 47.0 Å². The molecule has 1 rings (SSSR count). The van der Waals surface area contributed by atoms with E-state index in [9.17, 15) is 0 Å². The second kappa shape index (κ2) is 1.74. The van der Waals surface area contributed by atoms with E-state index < -0.39 is 0 Å². The van der Waals surface area contributed by atoms with Crippen molar-refractivity contribution in [2.45, 2.75) is 0 Å². The van der Waals surface area contributed by atoms with E-state index in [0.29, 0.717) is 0 Å². The molecule has 42 valence electrons. The zero-order valence-electron chi connectivity index (χ0n) is 4.26. The van der Waals surface area contributed by atoms with Crippen molar-refractivity contribution in [1.29, 1.82) is 0 Å². The van der Waals surface area contributed by atoms with Crippen LogP contribution >= 0.6 is 0 Å². The van der Waals surface area contributed by atoms with Crippen LogP contribution in [0.1, 0.15) is 0 Å². The van der Waals surface area contributed by atoms with E-state index in [4.69, 9.17) is 10.2 Å². The summed E-state index contributed by atoms with van der Waals surface area (Å²) < 4.78 is 0. The summed E-state index contributed by atoms with van der Waals surface area (Å²) in [5, 5.41) is 15.7. The van der Waals surface area contributed by atoms with E-state index in [1.54, 1.807) is 12.1 Å². The number of para-hydroxylation sites is 2. The Bertz CT molecular complexity index is 163. The lowest BCUT2D eigenvalue weighted by Crippen LogP contribution is -1.63. The van der Waals surface area contributed by atoms with E-state index in [0.717, 1.165) is 0 Å². The zero-order valence-corrected chi connectivity index (χ0v) is 4.26. The van der Waals surface area contributed by atoms with Gasteiger partial charge in [-0.1, -0.05) is 12.1 Å². The summed E-state index contributed by atoms with van der Waals surface area (Å²) in [6.07, 6.45) is 0. The molecule has 1 aromatic rings. The van der Waals surface area contributed by atoms with Crippen molar-refractivity contribution in [3.05, 3.63) is 24.3 Å². The van der Waals surface area contributed by atoms with Gasteiger partial charge in [0.15, 0.2) is 0 Å². The average molecular weight is 111 g/mol. The highest BCUT2D eigenvalue weighted by atomic mass is 16.3. The van der Waals surface area contributed by atoms with Gasteiger partial charge >= 0.3 is 0 Å². The molecule has 0 radical (unpaired) electrons. The Morgan fingerprint density at radius 1 is 1.25 bits per heavy atom. The Kier molecular flexibility index (Phi) is 1.08. The molecule has 0 aliphatic heterocycles. The fraction of sp³-hybridized carbons (Fsp3) is 0. The molecule has 8 heavy (non-hydrogen) atoms. The highest BCUT2D eigenvalue weighted by Crippen LogP contribution is 2.21. The first kappa shape index (κ1) is 4.97. The van der Waals surface area contributed by atoms with Gasteiger partial charge in [-0.2, -0.15) is 0 Å². The Hall–Kier alpha value is -1.18. The van der Waals surface area contributed by atoms with E-state index in [1.807, 2.05) is 0 Å². The summed E-state index contributed by atoms with van der Waals surface area (Å²) in [6.45, 7) is 0. The second-order valence-corrected chi connectivity index (χ2v) is 1.52. The second-order valence-electron chi connectivity index (χ2n) is 1.52. The van der Waals surface area contributed by atoms with Crippen molar-refractivity contribution in [3.63, 3.8) is 0 Å². The summed E-state index contributed by atoms with van der Waals surface area (Å²) in [7, 11) is 0. The van der Waals surface area contributed by atoms with Crippen molar-refractivity contribution in [1.82, 2.24) is 0 Å². The lowest BCUT2D eigenvalue weighted by Gasteiger charge is -1.87. The molecule has 0 aliphatic carbocycles. The van der Waals surface area contributed by atoms with Gasteiger partial charge in [0.2, 0.25) is 5.75 Å². The largest absolute Gasteiger partial charge is 0.591 e. The van der Waals surface area contributed by atoms with Gasteiger partial charge in [-0.15, -0.1) is 0 Å². The molecule has 1 aromatic carbocycles. The monoisotopic (exact) mass is 111 g/mol. The van der Waals surface area contributed by atoms with E-state index >= 15 is 0 Å². The quantitative estimate of drug-likeness (QED) is 0.495. The first-order valence-corrected chi connectivity index (χ1v) is 2.30. The molecule has 0 saturated heterocycles. The van der Waals surface area contributed by atoms with Crippen LogP contribution in [0.25, 0.3) is 0 Å². The molecular weight excluding hydrogens is 104 g/mol. The fourth-order valence-electron chi connectivity index (χ4n) is 0.474. The van der Waals surface area contributed by atoms with Gasteiger partial charge in [0.25, 0.3) is 5.75 Å². The number of aromatic hydroxyl groups is 1. The third-order valence-electron chi connectivity index (χ3n) is 0.904. The molecule has 0 heterocycles. The number of benzene rings is 1. The first-order valence-electron chi connectivity index (χ1n) is 2.30. The SMILES string of the molecule is Oc1ccccc1[OH2+]. The minimum Gasteiger partial charge on any atom is -0.591 e. The topological polar surface area (TPSA) is 43.1 Å². The summed E-state index contributed by atoms with van der Waals surface area (Å²) in [4.78, 5) is 0. The smallest absolute Gasteiger partial charge is 0.296 e. The summed E-state index contributed by atoms with van der Waals surface area (Å²) >= 11 is 0. The van der Waals surface area contributed by atoms with Crippen LogP contribution in [0.5, 0.6) is 11.5 Å². The third-order valence-corrected chi connectivity index (χ3v) is 0.904. The van der Waals surface area contributed by atoms with Crippen LogP contribution in [0.4, 0.5) is 0 Å². The number of rotatable bonds is 0. The van der Waals surface area contributed by atoms with Gasteiger partial charge in [-0.3, -0.25) is 0 Å². The third kappa shape index (κ3) is 0.729. The van der Waals surface area contributed by atoms with Crippen molar-refractivity contribution in [3.8, 4) is 11.5 Å². The molecule has 0 bridgehead atoms. The average Bonchev–Trinajstić information content (AvgIpc) is 1.77. The molecular formula is C6H7O2+. The molecule has 0 aromatic heterocycles. The standard InChI is InChI=1S/C6H6O2/c7-5-3-1-2-4-6(5)8/h1-4,7-8H/p+1. The molecule has 2 nitrogen and oxygen atoms in total. The van der Waals surface area contributed by atoms with E-state index in [1.165, 1.54) is 12.1 Å². The van der Waals surface area contributed by atoms with Crippen LogP contribution in [0.3, 0.4) is 0 Å². The number of hydrogen-bond acceptors (Lipinski definition) is 1. The van der Waals surface area contributed by atoms with Gasteiger partial charge < -0.3 is 10.2 Å². The van der Waals surface area contributed by atoms with Gasteiger partial charge in [0.1, 0.15) is 0 Å². The molecule has 0 atom stereocenters. The molecule has 2 heteroatoms. The van der Waals surface area contributed by atoms with Crippen molar-refractivity contribution in [2.24, 2.45) is 0 Å². The van der Waals surface area contributed by atoms with Gasteiger partial charge in [0, 0.05) is 6.07 Å². The zero-order chi connectivity index (χ0) is 5.98. The Morgan fingerprint density at radius 3 is 2.25 bits per heavy atom. The molecule has 0 unspecified atom stereocenters. The Balaban J connectivity index is 3.13. The predicted molar refractivity (Wildman–Crippen MR) is 31.2 cm³/mol. The minimum atomic E-state index is 0.0347. The lowest BCUT2D eigenvalue weighted by molar-refractivity contribution is 0.404. The molecule has 0 fully saturated rings. The highest BCUT2D eigenvalue weighted by Gasteiger charge is 1.96. The summed E-state index contributed by atoms with van der Waals surface area (Å²) in [6, 6.07) is 6.42. The molecule has 0 saturated carbocycles. The highest BCUT2D eigenvalue weighted by molar-refractivity contribution is 5.36. The maximum atomic E-state index is 8.73. The van der Waals surface area contributed by atoms with Crippen LogP contribution in [-0.4, -0.2) is 10.2 Å². The number of phenolic OH excluding ortho intramolecular Hbond substituents is 1. The Morgan fingerprint density at radius 2 is 1.88 bits per heavy atom. The van der Waals surface area contributed by atoms with Crippen LogP contribution in [0, 0.1) is 0 Å². The van der Waals surface area contributed by atoms with Crippen molar-refractivity contribution < 1.29 is 10.2 Å². The summed E-state index contributed by atoms with van der Waals surface area (Å²) in [5.41, 5.74) is 0. The predicted octanol–water partition coefficient (Wildman–Crippen LogP) is 0.830. The van der Waals surface area contributed by atoms with Gasteiger partial charge in [-0.05, 0) is 6.07 Å². The van der Waals surface area contributed by atoms with Gasteiger partial charge in [-0.25, -0.2) is 0 Å². The molecule has 0 spiro atoms. The van der Waals surface area contributed by atoms with Crippen LogP contribution in [0.15, 0.2) is 24.3 Å². The van der Waals surface area contributed by atoms with Crippen LogP contribution in [0.2, 0.25) is 0 Å². The molecule has 0 amide bonds. The van der Waals surface area contributed by atoms with Crippen molar-refractivity contribution in [2.75, 3.05) is 0 Å². The summed E-state index contributed by atoms with van der Waals surface area (Å²) in [5.74, 6) is 0.208. The van der Waals surface area contributed by atoms with Crippen molar-refractivity contribution >= 4 is 0 Å². The maximum Gasteiger partial charge on any atom is 0.296 e. The number of hydrogen-bond donors (Lipinski definition) is 1. The molecule has 3 N–H and O–H groups in total. The normalized spacial score (nSPS) is 9.00. The maximum absolute atomic E-state index is 8.73. The van der Waals surface area contributed by atoms with Crippen LogP contribution < -0.4 is 0 Å². The van der Waals surface area contributed by atoms with E-state index in [-0.39, 0.29) is 11.5 Å².